The van der Waals surface area contributed by atoms with E-state index < -0.39 is 0 Å². The van der Waals surface area contributed by atoms with Crippen molar-refractivity contribution in [1.82, 2.24) is 14.8 Å². The summed E-state index contributed by atoms with van der Waals surface area (Å²) in [6, 6.07) is 7.37. The van der Waals surface area contributed by atoms with E-state index in [-0.39, 0.29) is 12.3 Å². The summed E-state index contributed by atoms with van der Waals surface area (Å²) in [6.45, 7) is 8.89. The molecule has 2 heterocycles. The molecule has 154 valence electrons. The lowest BCUT2D eigenvalue weighted by Crippen LogP contribution is -2.14. The van der Waals surface area contributed by atoms with E-state index in [1.165, 1.54) is 16.9 Å². The van der Waals surface area contributed by atoms with Crippen molar-refractivity contribution >= 4 is 22.9 Å². The summed E-state index contributed by atoms with van der Waals surface area (Å²) < 4.78 is 7.32. The van der Waals surface area contributed by atoms with Gasteiger partial charge in [-0.05, 0) is 63.4 Å². The number of nitrogens with one attached hydrogen (secondary N) is 1. The van der Waals surface area contributed by atoms with Crippen LogP contribution < -0.4 is 10.1 Å². The van der Waals surface area contributed by atoms with Crippen molar-refractivity contribution in [3.63, 3.8) is 0 Å². The molecule has 0 radical (unpaired) electrons. The smallest absolute Gasteiger partial charge is 0.230 e. The second kappa shape index (κ2) is 9.69. The van der Waals surface area contributed by atoms with Crippen LogP contribution in [0.5, 0.6) is 5.75 Å². The molecular weight excluding hydrogens is 384 g/mol. The Morgan fingerprint density at radius 2 is 1.97 bits per heavy atom. The Hall–Kier alpha value is -2.67. The predicted molar refractivity (Wildman–Crippen MR) is 117 cm³/mol. The third kappa shape index (κ3) is 5.23. The number of hydrogen-bond acceptors (Lipinski definition) is 5. The molecule has 7 heteroatoms. The van der Waals surface area contributed by atoms with Gasteiger partial charge in [0.25, 0.3) is 0 Å². The van der Waals surface area contributed by atoms with Crippen LogP contribution in [0.25, 0.3) is 5.13 Å². The number of carbonyl (C=O) groups excluding carboxylic acids is 1. The average Bonchev–Trinajstić information content (AvgIpc) is 3.26. The second-order valence-electron chi connectivity index (χ2n) is 6.97. The number of anilines is 1. The maximum Gasteiger partial charge on any atom is 0.230 e. The first-order valence-corrected chi connectivity index (χ1v) is 10.9. The molecular formula is C22H28N4O2S. The predicted octanol–water partition coefficient (Wildman–Crippen LogP) is 4.87. The third-order valence-corrected chi connectivity index (χ3v) is 5.60. The van der Waals surface area contributed by atoms with E-state index in [4.69, 9.17) is 4.74 Å². The monoisotopic (exact) mass is 412 g/mol. The molecule has 0 atom stereocenters. The van der Waals surface area contributed by atoms with E-state index in [0.29, 0.717) is 6.61 Å². The molecule has 0 aliphatic rings. The minimum atomic E-state index is -0.0944. The normalized spacial score (nSPS) is 10.9. The Balaban J connectivity index is 1.65. The number of thiazole rings is 1. The van der Waals surface area contributed by atoms with Crippen molar-refractivity contribution in [3.8, 4) is 10.9 Å². The number of unbranched alkanes of at least 4 members (excludes halogenated alkanes) is 1. The van der Waals surface area contributed by atoms with Crippen molar-refractivity contribution in [2.24, 2.45) is 0 Å². The molecule has 0 saturated heterocycles. The Bertz CT molecular complexity index is 960. The molecule has 29 heavy (non-hydrogen) atoms. The molecule has 0 saturated carbocycles. The second-order valence-corrected chi connectivity index (χ2v) is 7.81. The molecule has 3 rings (SSSR count). The highest BCUT2D eigenvalue weighted by molar-refractivity contribution is 7.12. The average molecular weight is 413 g/mol. The number of benzene rings is 1. The van der Waals surface area contributed by atoms with Crippen molar-refractivity contribution in [2.45, 2.75) is 53.4 Å². The van der Waals surface area contributed by atoms with Crippen molar-refractivity contribution in [3.05, 3.63) is 52.3 Å². The van der Waals surface area contributed by atoms with Gasteiger partial charge in [-0.25, -0.2) is 9.67 Å². The zero-order chi connectivity index (χ0) is 20.8. The summed E-state index contributed by atoms with van der Waals surface area (Å²) in [7, 11) is 0. The van der Waals surface area contributed by atoms with E-state index in [1.807, 2.05) is 48.2 Å². The number of nitrogens with zero attached hydrogens (tertiary/aromatic N) is 3. The van der Waals surface area contributed by atoms with Gasteiger partial charge in [0.05, 0.1) is 24.4 Å². The maximum absolute atomic E-state index is 12.4. The van der Waals surface area contributed by atoms with Gasteiger partial charge in [0.1, 0.15) is 5.75 Å². The standard InChI is InChI=1S/C22H28N4O2S/c1-5-7-8-20-15(3)25-26(16(20)4)22-24-18(14-29-22)13-21(27)23-17-9-11-19(12-10-17)28-6-2/h9-12,14H,5-8,13H2,1-4H3,(H,23,27). The Morgan fingerprint density at radius 1 is 1.21 bits per heavy atom. The summed E-state index contributed by atoms with van der Waals surface area (Å²) in [5, 5.41) is 10.3. The van der Waals surface area contributed by atoms with Gasteiger partial charge in [-0.15, -0.1) is 11.3 Å². The van der Waals surface area contributed by atoms with Crippen molar-refractivity contribution in [2.75, 3.05) is 11.9 Å². The van der Waals surface area contributed by atoms with Crippen LogP contribution in [0, 0.1) is 13.8 Å². The molecule has 0 unspecified atom stereocenters. The van der Waals surface area contributed by atoms with Gasteiger partial charge in [-0.3, -0.25) is 4.79 Å². The van der Waals surface area contributed by atoms with Crippen LogP contribution in [-0.4, -0.2) is 27.3 Å². The van der Waals surface area contributed by atoms with Gasteiger partial charge < -0.3 is 10.1 Å². The molecule has 0 aliphatic heterocycles. The molecule has 0 fully saturated rings. The minimum absolute atomic E-state index is 0.0944. The molecule has 1 N–H and O–H groups in total. The van der Waals surface area contributed by atoms with Gasteiger partial charge in [-0.1, -0.05) is 13.3 Å². The van der Waals surface area contributed by atoms with Gasteiger partial charge >= 0.3 is 0 Å². The molecule has 2 aromatic heterocycles. The van der Waals surface area contributed by atoms with E-state index >= 15 is 0 Å². The number of aromatic nitrogens is 3. The SMILES string of the molecule is CCCCc1c(C)nn(-c2nc(CC(=O)Nc3ccc(OCC)cc3)cs2)c1C. The van der Waals surface area contributed by atoms with Crippen molar-refractivity contribution < 1.29 is 9.53 Å². The molecule has 3 aromatic rings. The first kappa shape index (κ1) is 21.0. The first-order valence-electron chi connectivity index (χ1n) is 10.0. The van der Waals surface area contributed by atoms with Crippen LogP contribution in [0.15, 0.2) is 29.6 Å². The Labute approximate surface area is 175 Å². The van der Waals surface area contributed by atoms with Crippen LogP contribution in [0.3, 0.4) is 0 Å². The fourth-order valence-electron chi connectivity index (χ4n) is 3.22. The van der Waals surface area contributed by atoms with Crippen LogP contribution >= 0.6 is 11.3 Å². The van der Waals surface area contributed by atoms with Crippen LogP contribution in [0.4, 0.5) is 5.69 Å². The van der Waals surface area contributed by atoms with Crippen LogP contribution in [0.1, 0.15) is 49.3 Å². The fourth-order valence-corrected chi connectivity index (χ4v) is 4.05. The van der Waals surface area contributed by atoms with Gasteiger partial charge in [0, 0.05) is 16.8 Å². The number of carbonyl (C=O) groups is 1. The summed E-state index contributed by atoms with van der Waals surface area (Å²) in [5.74, 6) is 0.695. The number of amides is 1. The highest BCUT2D eigenvalue weighted by atomic mass is 32.1. The lowest BCUT2D eigenvalue weighted by atomic mass is 10.1. The van der Waals surface area contributed by atoms with Gasteiger partial charge in [-0.2, -0.15) is 5.10 Å². The number of hydrogen-bond donors (Lipinski definition) is 1. The quantitative estimate of drug-likeness (QED) is 0.544. The Morgan fingerprint density at radius 3 is 2.66 bits per heavy atom. The number of aryl methyl sites for hydroxylation is 1. The highest BCUT2D eigenvalue weighted by Gasteiger charge is 2.16. The third-order valence-electron chi connectivity index (χ3n) is 4.73. The molecule has 1 amide bonds. The summed E-state index contributed by atoms with van der Waals surface area (Å²) in [6.07, 6.45) is 3.58. The minimum Gasteiger partial charge on any atom is -0.494 e. The maximum atomic E-state index is 12.4. The zero-order valence-corrected chi connectivity index (χ0v) is 18.3. The molecule has 0 bridgehead atoms. The lowest BCUT2D eigenvalue weighted by Gasteiger charge is -2.06. The molecule has 0 spiro atoms. The van der Waals surface area contributed by atoms with Crippen molar-refractivity contribution in [1.29, 1.82) is 0 Å². The summed E-state index contributed by atoms with van der Waals surface area (Å²) in [4.78, 5) is 17.0. The fraction of sp³-hybridized carbons (Fsp3) is 0.409. The van der Waals surface area contributed by atoms with E-state index in [9.17, 15) is 4.79 Å². The largest absolute Gasteiger partial charge is 0.494 e. The number of rotatable bonds is 9. The molecule has 6 nitrogen and oxygen atoms in total. The topological polar surface area (TPSA) is 69.0 Å². The van der Waals surface area contributed by atoms with Crippen LogP contribution in [-0.2, 0) is 17.6 Å². The highest BCUT2D eigenvalue weighted by Crippen LogP contribution is 2.23. The van der Waals surface area contributed by atoms with E-state index in [0.717, 1.165) is 52.9 Å². The number of ether oxygens (including phenoxy) is 1. The summed E-state index contributed by atoms with van der Waals surface area (Å²) >= 11 is 1.51. The first-order chi connectivity index (χ1) is 14.0. The molecule has 1 aromatic carbocycles. The Kier molecular flexibility index (Phi) is 7.04. The summed E-state index contributed by atoms with van der Waals surface area (Å²) in [5.41, 5.74) is 4.98. The van der Waals surface area contributed by atoms with E-state index in [1.54, 1.807) is 0 Å². The molecule has 0 aliphatic carbocycles. The van der Waals surface area contributed by atoms with E-state index in [2.05, 4.69) is 29.2 Å². The van der Waals surface area contributed by atoms with Crippen LogP contribution in [0.2, 0.25) is 0 Å². The lowest BCUT2D eigenvalue weighted by molar-refractivity contribution is -0.115. The van der Waals surface area contributed by atoms with Gasteiger partial charge in [0.2, 0.25) is 11.0 Å². The zero-order valence-electron chi connectivity index (χ0n) is 17.5. The van der Waals surface area contributed by atoms with Gasteiger partial charge in [0.15, 0.2) is 0 Å².